The Morgan fingerprint density at radius 3 is 2.68 bits per heavy atom. The number of nitrogens with one attached hydrogen (secondary N) is 1. The Hall–Kier alpha value is -3.72. The lowest BCUT2D eigenvalue weighted by Gasteiger charge is -2.24. The Morgan fingerprint density at radius 1 is 1.25 bits per heavy atom. The van der Waals surface area contributed by atoms with E-state index >= 15 is 0 Å². The van der Waals surface area contributed by atoms with Crippen molar-refractivity contribution in [2.75, 3.05) is 6.54 Å². The highest BCUT2D eigenvalue weighted by Gasteiger charge is 2.35. The highest BCUT2D eigenvalue weighted by molar-refractivity contribution is 6.32. The monoisotopic (exact) mass is 401 g/mol. The minimum atomic E-state index is -0.851. The van der Waals surface area contributed by atoms with Gasteiger partial charge >= 0.3 is 6.03 Å². The number of urea groups is 1. The number of amides is 4. The Labute approximate surface area is 163 Å². The molecule has 10 heteroatoms. The molecule has 0 radical (unpaired) electrons. The van der Waals surface area contributed by atoms with Crippen molar-refractivity contribution >= 4 is 41.2 Å². The molecule has 2 heterocycles. The van der Waals surface area contributed by atoms with Gasteiger partial charge in [0.2, 0.25) is 0 Å². The molecule has 1 fully saturated rings. The predicted molar refractivity (Wildman–Crippen MR) is 99.2 cm³/mol. The number of nitrogens with zero attached hydrogens (tertiary/aromatic N) is 2. The van der Waals surface area contributed by atoms with E-state index in [9.17, 15) is 24.5 Å². The zero-order chi connectivity index (χ0) is 20.4. The molecule has 2 aromatic rings. The van der Waals surface area contributed by atoms with Gasteiger partial charge in [-0.25, -0.2) is 4.79 Å². The summed E-state index contributed by atoms with van der Waals surface area (Å²) in [5.41, 5.74) is -0.177. The van der Waals surface area contributed by atoms with Crippen molar-refractivity contribution in [3.05, 3.63) is 69.5 Å². The summed E-state index contributed by atoms with van der Waals surface area (Å²) >= 11 is 5.79. The van der Waals surface area contributed by atoms with E-state index in [-0.39, 0.29) is 34.3 Å². The second-order valence-electron chi connectivity index (χ2n) is 5.65. The number of rotatable bonds is 5. The molecular weight excluding hydrogens is 390 g/mol. The number of benzene rings is 1. The summed E-state index contributed by atoms with van der Waals surface area (Å²) in [6, 6.07) is 6.33. The molecule has 1 aromatic carbocycles. The molecule has 0 aliphatic carbocycles. The summed E-state index contributed by atoms with van der Waals surface area (Å²) in [4.78, 5) is 47.3. The topological polar surface area (TPSA) is 123 Å². The quantitative estimate of drug-likeness (QED) is 0.270. The predicted octanol–water partition coefficient (Wildman–Crippen LogP) is 3.16. The van der Waals surface area contributed by atoms with Gasteiger partial charge in [-0.15, -0.1) is 6.58 Å². The van der Waals surface area contributed by atoms with Crippen molar-refractivity contribution in [2.45, 2.75) is 0 Å². The van der Waals surface area contributed by atoms with E-state index in [4.69, 9.17) is 16.0 Å². The zero-order valence-electron chi connectivity index (χ0n) is 14.2. The Balaban J connectivity index is 1.94. The minimum Gasteiger partial charge on any atom is -0.457 e. The molecule has 1 saturated heterocycles. The average Bonchev–Trinajstić information content (AvgIpc) is 3.11. The maximum atomic E-state index is 12.4. The molecule has 0 spiro atoms. The first-order chi connectivity index (χ1) is 13.3. The lowest BCUT2D eigenvalue weighted by atomic mass is 10.1. The molecular formula is C18H12ClN3O6. The summed E-state index contributed by atoms with van der Waals surface area (Å²) in [5.74, 6) is -1.21. The molecule has 1 aromatic heterocycles. The summed E-state index contributed by atoms with van der Waals surface area (Å²) in [7, 11) is 0. The van der Waals surface area contributed by atoms with Crippen LogP contribution in [0.3, 0.4) is 0 Å². The Morgan fingerprint density at radius 2 is 2.00 bits per heavy atom. The first-order valence-corrected chi connectivity index (χ1v) is 8.23. The number of carbonyl (C=O) groups excluding carboxylic acids is 3. The zero-order valence-corrected chi connectivity index (χ0v) is 14.9. The number of barbiturate groups is 1. The van der Waals surface area contributed by atoms with E-state index in [1.54, 1.807) is 0 Å². The number of hydrogen-bond donors (Lipinski definition) is 1. The fraction of sp³-hybridized carbons (Fsp3) is 0.0556. The van der Waals surface area contributed by atoms with Gasteiger partial charge in [-0.1, -0.05) is 17.7 Å². The van der Waals surface area contributed by atoms with Crippen LogP contribution in [0.1, 0.15) is 5.76 Å². The third-order valence-corrected chi connectivity index (χ3v) is 4.16. The van der Waals surface area contributed by atoms with Crippen molar-refractivity contribution in [1.29, 1.82) is 0 Å². The molecule has 1 aliphatic heterocycles. The van der Waals surface area contributed by atoms with E-state index in [2.05, 4.69) is 11.9 Å². The van der Waals surface area contributed by atoms with E-state index in [1.165, 1.54) is 42.5 Å². The molecule has 0 unspecified atom stereocenters. The fourth-order valence-corrected chi connectivity index (χ4v) is 2.71. The maximum Gasteiger partial charge on any atom is 0.331 e. The second kappa shape index (κ2) is 7.49. The van der Waals surface area contributed by atoms with Crippen LogP contribution in [0, 0.1) is 10.1 Å². The normalized spacial score (nSPS) is 15.7. The standard InChI is InChI=1S/C18H12ClN3O6/c1-2-7-21-17(24)12(16(23)20-18(21)25)9-11-4-6-15(28-11)10-3-5-13(19)14(8-10)22(26)27/h2-6,8-9H,1,7H2,(H,20,23,25). The van der Waals surface area contributed by atoms with E-state index in [0.717, 1.165) is 4.90 Å². The van der Waals surface area contributed by atoms with E-state index in [0.29, 0.717) is 5.56 Å². The summed E-state index contributed by atoms with van der Waals surface area (Å²) < 4.78 is 5.57. The van der Waals surface area contributed by atoms with Gasteiger partial charge < -0.3 is 4.42 Å². The van der Waals surface area contributed by atoms with E-state index in [1.807, 2.05) is 0 Å². The summed E-state index contributed by atoms with van der Waals surface area (Å²) in [6.45, 7) is 3.40. The third kappa shape index (κ3) is 3.55. The fourth-order valence-electron chi connectivity index (χ4n) is 2.52. The van der Waals surface area contributed by atoms with Gasteiger partial charge in [0.05, 0.1) is 4.92 Å². The van der Waals surface area contributed by atoms with Crippen LogP contribution < -0.4 is 5.32 Å². The number of nitro benzene ring substituents is 1. The average molecular weight is 402 g/mol. The smallest absolute Gasteiger partial charge is 0.331 e. The highest BCUT2D eigenvalue weighted by atomic mass is 35.5. The van der Waals surface area contributed by atoms with Gasteiger partial charge in [-0.05, 0) is 30.3 Å². The van der Waals surface area contributed by atoms with Crippen LogP contribution in [0.5, 0.6) is 0 Å². The van der Waals surface area contributed by atoms with Crippen LogP contribution in [-0.4, -0.2) is 34.2 Å². The van der Waals surface area contributed by atoms with Gasteiger partial charge in [0, 0.05) is 18.2 Å². The Bertz CT molecular complexity index is 1060. The second-order valence-corrected chi connectivity index (χ2v) is 6.05. The summed E-state index contributed by atoms with van der Waals surface area (Å²) in [6.07, 6.45) is 2.54. The molecule has 1 aliphatic rings. The van der Waals surface area contributed by atoms with Crippen LogP contribution in [0.15, 0.2) is 53.0 Å². The SMILES string of the molecule is C=CCN1C(=O)NC(=O)C(=Cc2ccc(-c3ccc(Cl)c([N+](=O)[O-])c3)o2)C1=O. The molecule has 1 N–H and O–H groups in total. The van der Waals surface area contributed by atoms with E-state index < -0.39 is 22.8 Å². The first-order valence-electron chi connectivity index (χ1n) is 7.85. The van der Waals surface area contributed by atoms with Gasteiger partial charge in [-0.2, -0.15) is 0 Å². The van der Waals surface area contributed by atoms with Crippen molar-refractivity contribution in [3.63, 3.8) is 0 Å². The van der Waals surface area contributed by atoms with Crippen LogP contribution >= 0.6 is 11.6 Å². The number of hydrogen-bond acceptors (Lipinski definition) is 6. The molecule has 9 nitrogen and oxygen atoms in total. The van der Waals surface area contributed by atoms with Gasteiger partial charge in [0.1, 0.15) is 22.1 Å². The number of furan rings is 1. The largest absolute Gasteiger partial charge is 0.457 e. The molecule has 3 rings (SSSR count). The minimum absolute atomic E-state index is 0.0147. The van der Waals surface area contributed by atoms with Crippen molar-refractivity contribution in [3.8, 4) is 11.3 Å². The van der Waals surface area contributed by atoms with Crippen molar-refractivity contribution in [1.82, 2.24) is 10.2 Å². The van der Waals surface area contributed by atoms with Crippen LogP contribution in [0.2, 0.25) is 5.02 Å². The molecule has 0 atom stereocenters. The van der Waals surface area contributed by atoms with Crippen LogP contribution in [0.4, 0.5) is 10.5 Å². The van der Waals surface area contributed by atoms with Crippen LogP contribution in [0.25, 0.3) is 17.4 Å². The molecule has 0 bridgehead atoms. The first kappa shape index (κ1) is 19.1. The molecule has 4 amide bonds. The highest BCUT2D eigenvalue weighted by Crippen LogP contribution is 2.31. The maximum absolute atomic E-state index is 12.4. The number of carbonyl (C=O) groups is 3. The van der Waals surface area contributed by atoms with Crippen molar-refractivity contribution in [2.24, 2.45) is 0 Å². The lowest BCUT2D eigenvalue weighted by Crippen LogP contribution is -2.54. The number of imide groups is 2. The van der Waals surface area contributed by atoms with Gasteiger partial charge in [0.15, 0.2) is 0 Å². The third-order valence-electron chi connectivity index (χ3n) is 3.84. The Kier molecular flexibility index (Phi) is 5.10. The van der Waals surface area contributed by atoms with Gasteiger partial charge in [-0.3, -0.25) is 29.9 Å². The lowest BCUT2D eigenvalue weighted by molar-refractivity contribution is -0.384. The summed E-state index contributed by atoms with van der Waals surface area (Å²) in [5, 5.41) is 13.1. The van der Waals surface area contributed by atoms with Crippen molar-refractivity contribution < 1.29 is 23.7 Å². The number of halogens is 1. The molecule has 142 valence electrons. The van der Waals surface area contributed by atoms with Gasteiger partial charge in [0.25, 0.3) is 17.5 Å². The molecule has 28 heavy (non-hydrogen) atoms. The number of nitro groups is 1. The van der Waals surface area contributed by atoms with Crippen LogP contribution in [-0.2, 0) is 9.59 Å². The molecule has 0 saturated carbocycles.